The van der Waals surface area contributed by atoms with E-state index in [1.54, 1.807) is 12.3 Å². The molecule has 0 radical (unpaired) electrons. The van der Waals surface area contributed by atoms with E-state index in [4.69, 9.17) is 0 Å². The highest BCUT2D eigenvalue weighted by molar-refractivity contribution is 5.19. The van der Waals surface area contributed by atoms with Gasteiger partial charge in [0.15, 0.2) is 0 Å². The fraction of sp³-hybridized carbons (Fsp3) is 0.267. The third-order valence-electron chi connectivity index (χ3n) is 3.01. The first-order valence-electron chi connectivity index (χ1n) is 6.10. The van der Waals surface area contributed by atoms with Crippen LogP contribution in [0, 0.1) is 5.82 Å². The van der Waals surface area contributed by atoms with Crippen molar-refractivity contribution in [1.29, 1.82) is 0 Å². The summed E-state index contributed by atoms with van der Waals surface area (Å²) >= 11 is 0. The van der Waals surface area contributed by atoms with Crippen molar-refractivity contribution in [2.45, 2.75) is 18.9 Å². The summed E-state index contributed by atoms with van der Waals surface area (Å²) in [7, 11) is 1.90. The molecule has 2 rings (SSSR count). The van der Waals surface area contributed by atoms with Crippen molar-refractivity contribution in [3.8, 4) is 0 Å². The van der Waals surface area contributed by atoms with E-state index in [9.17, 15) is 4.39 Å². The second kappa shape index (κ2) is 6.26. The van der Waals surface area contributed by atoms with Crippen LogP contribution in [0.15, 0.2) is 48.7 Å². The van der Waals surface area contributed by atoms with Gasteiger partial charge in [-0.25, -0.2) is 4.39 Å². The van der Waals surface area contributed by atoms with Crippen LogP contribution in [-0.4, -0.2) is 18.1 Å². The van der Waals surface area contributed by atoms with Gasteiger partial charge in [-0.15, -0.1) is 0 Å². The second-order valence-corrected chi connectivity index (χ2v) is 4.31. The Hall–Kier alpha value is -1.74. The van der Waals surface area contributed by atoms with Gasteiger partial charge in [-0.3, -0.25) is 4.98 Å². The zero-order chi connectivity index (χ0) is 12.8. The fourth-order valence-electron chi connectivity index (χ4n) is 1.98. The van der Waals surface area contributed by atoms with Crippen LogP contribution in [0.1, 0.15) is 11.3 Å². The predicted molar refractivity (Wildman–Crippen MR) is 70.9 cm³/mol. The maximum Gasteiger partial charge on any atom is 0.126 e. The average Bonchev–Trinajstić information content (AvgIpc) is 2.41. The number of likely N-dealkylation sites (N-methyl/N-ethyl adjacent to an activating group) is 1. The van der Waals surface area contributed by atoms with Crippen LogP contribution in [-0.2, 0) is 12.8 Å². The first kappa shape index (κ1) is 12.7. The maximum absolute atomic E-state index is 13.6. The molecule has 0 bridgehead atoms. The normalized spacial score (nSPS) is 12.3. The Morgan fingerprint density at radius 1 is 1.11 bits per heavy atom. The smallest absolute Gasteiger partial charge is 0.126 e. The Morgan fingerprint density at radius 2 is 1.89 bits per heavy atom. The lowest BCUT2D eigenvalue weighted by molar-refractivity contribution is 0.528. The Kier molecular flexibility index (Phi) is 4.42. The molecule has 1 aromatic carbocycles. The highest BCUT2D eigenvalue weighted by Crippen LogP contribution is 2.11. The second-order valence-electron chi connectivity index (χ2n) is 4.31. The van der Waals surface area contributed by atoms with E-state index >= 15 is 0 Å². The van der Waals surface area contributed by atoms with E-state index in [-0.39, 0.29) is 11.9 Å². The van der Waals surface area contributed by atoms with Gasteiger partial charge in [-0.05, 0) is 37.2 Å². The van der Waals surface area contributed by atoms with Gasteiger partial charge in [0.1, 0.15) is 5.82 Å². The molecule has 1 atom stereocenters. The van der Waals surface area contributed by atoms with E-state index in [0.717, 1.165) is 17.7 Å². The quantitative estimate of drug-likeness (QED) is 0.874. The molecule has 0 aliphatic carbocycles. The molecule has 0 amide bonds. The minimum absolute atomic E-state index is 0.140. The molecule has 3 heteroatoms. The molecule has 1 aromatic heterocycles. The van der Waals surface area contributed by atoms with Crippen molar-refractivity contribution in [3.05, 3.63) is 65.7 Å². The van der Waals surface area contributed by atoms with Crippen LogP contribution >= 0.6 is 0 Å². The van der Waals surface area contributed by atoms with Crippen LogP contribution in [0.2, 0.25) is 0 Å². The first-order valence-corrected chi connectivity index (χ1v) is 6.10. The Balaban J connectivity index is 2.04. The van der Waals surface area contributed by atoms with Crippen LogP contribution in [0.4, 0.5) is 4.39 Å². The van der Waals surface area contributed by atoms with E-state index in [1.165, 1.54) is 6.07 Å². The summed E-state index contributed by atoms with van der Waals surface area (Å²) in [4.78, 5) is 4.30. The molecule has 18 heavy (non-hydrogen) atoms. The summed E-state index contributed by atoms with van der Waals surface area (Å²) < 4.78 is 13.6. The van der Waals surface area contributed by atoms with Gasteiger partial charge in [-0.2, -0.15) is 0 Å². The number of nitrogens with zero attached hydrogens (tertiary/aromatic N) is 1. The van der Waals surface area contributed by atoms with E-state index in [0.29, 0.717) is 6.42 Å². The highest BCUT2D eigenvalue weighted by atomic mass is 19.1. The molecule has 2 nitrogen and oxygen atoms in total. The number of benzene rings is 1. The molecular formula is C15H17FN2. The van der Waals surface area contributed by atoms with Gasteiger partial charge in [0.2, 0.25) is 0 Å². The van der Waals surface area contributed by atoms with Gasteiger partial charge in [-0.1, -0.05) is 24.3 Å². The summed E-state index contributed by atoms with van der Waals surface area (Å²) in [5.74, 6) is -0.140. The average molecular weight is 244 g/mol. The lowest BCUT2D eigenvalue weighted by Crippen LogP contribution is -2.30. The first-order chi connectivity index (χ1) is 8.79. The minimum atomic E-state index is -0.140. The molecule has 0 spiro atoms. The number of halogens is 1. The Labute approximate surface area is 107 Å². The molecule has 1 unspecified atom stereocenters. The third kappa shape index (κ3) is 3.37. The van der Waals surface area contributed by atoms with Crippen LogP contribution in [0.5, 0.6) is 0 Å². The molecule has 2 aromatic rings. The van der Waals surface area contributed by atoms with E-state index in [1.807, 2.05) is 37.4 Å². The SMILES string of the molecule is CNC(Cc1ccccn1)Cc1ccccc1F. The van der Waals surface area contributed by atoms with E-state index in [2.05, 4.69) is 10.3 Å². The number of hydrogen-bond acceptors (Lipinski definition) is 2. The lowest BCUT2D eigenvalue weighted by atomic mass is 10.0. The molecule has 0 aliphatic heterocycles. The Bertz CT molecular complexity index is 485. The van der Waals surface area contributed by atoms with Gasteiger partial charge < -0.3 is 5.32 Å². The standard InChI is InChI=1S/C15H17FN2/c1-17-14(11-13-7-4-5-9-18-13)10-12-6-2-3-8-15(12)16/h2-9,14,17H,10-11H2,1H3. The highest BCUT2D eigenvalue weighted by Gasteiger charge is 2.11. The van der Waals surface area contributed by atoms with Crippen LogP contribution in [0.3, 0.4) is 0 Å². The van der Waals surface area contributed by atoms with Crippen molar-refractivity contribution >= 4 is 0 Å². The van der Waals surface area contributed by atoms with Crippen LogP contribution < -0.4 is 5.32 Å². The van der Waals surface area contributed by atoms with Crippen molar-refractivity contribution in [1.82, 2.24) is 10.3 Å². The molecule has 1 N–H and O–H groups in total. The molecule has 94 valence electrons. The Morgan fingerprint density at radius 3 is 2.56 bits per heavy atom. The topological polar surface area (TPSA) is 24.9 Å². The summed E-state index contributed by atoms with van der Waals surface area (Å²) in [5, 5.41) is 3.22. The summed E-state index contributed by atoms with van der Waals surface area (Å²) in [5.41, 5.74) is 1.76. The van der Waals surface area contributed by atoms with Crippen LogP contribution in [0.25, 0.3) is 0 Å². The van der Waals surface area contributed by atoms with E-state index < -0.39 is 0 Å². The number of hydrogen-bond donors (Lipinski definition) is 1. The largest absolute Gasteiger partial charge is 0.316 e. The predicted octanol–water partition coefficient (Wildman–Crippen LogP) is 2.59. The summed E-state index contributed by atoms with van der Waals surface area (Å²) in [6.07, 6.45) is 3.25. The van der Waals surface area contributed by atoms with Gasteiger partial charge in [0, 0.05) is 24.4 Å². The maximum atomic E-state index is 13.6. The number of rotatable bonds is 5. The summed E-state index contributed by atoms with van der Waals surface area (Å²) in [6.45, 7) is 0. The van der Waals surface area contributed by atoms with Crippen molar-refractivity contribution in [2.24, 2.45) is 0 Å². The zero-order valence-electron chi connectivity index (χ0n) is 10.4. The lowest BCUT2D eigenvalue weighted by Gasteiger charge is -2.16. The fourth-order valence-corrected chi connectivity index (χ4v) is 1.98. The van der Waals surface area contributed by atoms with Gasteiger partial charge >= 0.3 is 0 Å². The molecule has 0 saturated carbocycles. The summed E-state index contributed by atoms with van der Waals surface area (Å²) in [6, 6.07) is 13.0. The number of pyridine rings is 1. The molecular weight excluding hydrogens is 227 g/mol. The zero-order valence-corrected chi connectivity index (χ0v) is 10.4. The molecule has 0 aliphatic rings. The number of aromatic nitrogens is 1. The van der Waals surface area contributed by atoms with Crippen molar-refractivity contribution < 1.29 is 4.39 Å². The molecule has 1 heterocycles. The van der Waals surface area contributed by atoms with Crippen molar-refractivity contribution in [3.63, 3.8) is 0 Å². The number of nitrogens with one attached hydrogen (secondary N) is 1. The molecule has 0 fully saturated rings. The minimum Gasteiger partial charge on any atom is -0.316 e. The third-order valence-corrected chi connectivity index (χ3v) is 3.01. The monoisotopic (exact) mass is 244 g/mol. The van der Waals surface area contributed by atoms with Gasteiger partial charge in [0.25, 0.3) is 0 Å². The van der Waals surface area contributed by atoms with Crippen molar-refractivity contribution in [2.75, 3.05) is 7.05 Å². The molecule has 0 saturated heterocycles. The van der Waals surface area contributed by atoms with Gasteiger partial charge in [0.05, 0.1) is 0 Å².